The molecule has 0 saturated carbocycles. The third-order valence-electron chi connectivity index (χ3n) is 4.98. The quantitative estimate of drug-likeness (QED) is 0.346. The number of pyridine rings is 1. The molecule has 3 aromatic rings. The van der Waals surface area contributed by atoms with Crippen molar-refractivity contribution in [3.8, 4) is 11.3 Å². The number of rotatable bonds is 5. The van der Waals surface area contributed by atoms with Crippen molar-refractivity contribution in [2.45, 2.75) is 19.1 Å². The van der Waals surface area contributed by atoms with Crippen LogP contribution in [0.15, 0.2) is 53.8 Å². The number of anilines is 2. The van der Waals surface area contributed by atoms with Gasteiger partial charge in [-0.05, 0) is 31.2 Å². The Labute approximate surface area is 187 Å². The zero-order valence-corrected chi connectivity index (χ0v) is 17.6. The first kappa shape index (κ1) is 22.6. The topological polar surface area (TPSA) is 75.5 Å². The molecule has 1 aliphatic rings. The Bertz CT molecular complexity index is 1150. The Balaban J connectivity index is 1.49. The smallest absolute Gasteiger partial charge is 0.377 e. The van der Waals surface area contributed by atoms with E-state index in [1.807, 2.05) is 6.92 Å². The first-order valence-electron chi connectivity index (χ1n) is 10.1. The highest BCUT2D eigenvalue weighted by Crippen LogP contribution is 2.31. The number of hydrogen-bond donors (Lipinski definition) is 1. The van der Waals surface area contributed by atoms with Crippen LogP contribution in [0, 0.1) is 5.82 Å². The monoisotopic (exact) mass is 460 g/mol. The zero-order chi connectivity index (χ0) is 23.4. The van der Waals surface area contributed by atoms with Crippen molar-refractivity contribution >= 4 is 18.0 Å². The molecule has 172 valence electrons. The van der Waals surface area contributed by atoms with Crippen LogP contribution in [0.3, 0.4) is 0 Å². The van der Waals surface area contributed by atoms with Gasteiger partial charge in [-0.25, -0.2) is 19.8 Å². The van der Waals surface area contributed by atoms with Gasteiger partial charge >= 0.3 is 6.18 Å². The molecule has 7 nitrogen and oxygen atoms in total. The Kier molecular flexibility index (Phi) is 6.50. The first-order valence-corrected chi connectivity index (χ1v) is 10.1. The highest BCUT2D eigenvalue weighted by Gasteiger charge is 2.30. The molecular formula is C22H20F4N6O. The van der Waals surface area contributed by atoms with Gasteiger partial charge in [-0.1, -0.05) is 18.2 Å². The van der Waals surface area contributed by atoms with Crippen LogP contribution in [0.1, 0.15) is 18.2 Å². The van der Waals surface area contributed by atoms with Gasteiger partial charge in [-0.3, -0.25) is 0 Å². The highest BCUT2D eigenvalue weighted by atomic mass is 19.4. The molecular weight excluding hydrogens is 440 g/mol. The van der Waals surface area contributed by atoms with Gasteiger partial charge in [0, 0.05) is 12.1 Å². The second kappa shape index (κ2) is 9.49. The molecule has 0 aliphatic carbocycles. The van der Waals surface area contributed by atoms with Crippen molar-refractivity contribution in [3.63, 3.8) is 0 Å². The Morgan fingerprint density at radius 3 is 2.79 bits per heavy atom. The summed E-state index contributed by atoms with van der Waals surface area (Å²) < 4.78 is 58.6. The highest BCUT2D eigenvalue weighted by molar-refractivity contribution is 5.78. The van der Waals surface area contributed by atoms with Crippen molar-refractivity contribution in [2.75, 3.05) is 30.1 Å². The SMILES string of the molecule is CC1COCCN1c1nc(N/N=C\c2cccc(-c3cccc(C(F)(F)F)c3)n2)ncc1F. The van der Waals surface area contributed by atoms with Gasteiger partial charge in [0.05, 0.1) is 48.6 Å². The van der Waals surface area contributed by atoms with E-state index in [4.69, 9.17) is 4.74 Å². The molecule has 1 aromatic carbocycles. The minimum Gasteiger partial charge on any atom is -0.377 e. The summed E-state index contributed by atoms with van der Waals surface area (Å²) in [7, 11) is 0. The van der Waals surface area contributed by atoms with Crippen LogP contribution in [0.4, 0.5) is 29.3 Å². The number of nitrogens with one attached hydrogen (secondary N) is 1. The van der Waals surface area contributed by atoms with Gasteiger partial charge in [0.15, 0.2) is 11.6 Å². The van der Waals surface area contributed by atoms with E-state index in [1.165, 1.54) is 12.3 Å². The maximum atomic E-state index is 14.3. The van der Waals surface area contributed by atoms with Crippen LogP contribution in [-0.4, -0.2) is 47.0 Å². The van der Waals surface area contributed by atoms with Crippen LogP contribution in [0.2, 0.25) is 0 Å². The summed E-state index contributed by atoms with van der Waals surface area (Å²) in [4.78, 5) is 14.2. The van der Waals surface area contributed by atoms with E-state index in [2.05, 4.69) is 25.5 Å². The predicted octanol–water partition coefficient (Wildman–Crippen LogP) is 4.37. The maximum absolute atomic E-state index is 14.3. The summed E-state index contributed by atoms with van der Waals surface area (Å²) in [5, 5.41) is 4.03. The molecule has 1 aliphatic heterocycles. The summed E-state index contributed by atoms with van der Waals surface area (Å²) >= 11 is 0. The average molecular weight is 460 g/mol. The molecule has 0 spiro atoms. The molecule has 1 atom stereocenters. The van der Waals surface area contributed by atoms with Crippen LogP contribution >= 0.6 is 0 Å². The molecule has 0 radical (unpaired) electrons. The number of morpholine rings is 1. The normalized spacial score (nSPS) is 16.9. The molecule has 33 heavy (non-hydrogen) atoms. The third-order valence-corrected chi connectivity index (χ3v) is 4.98. The van der Waals surface area contributed by atoms with E-state index in [-0.39, 0.29) is 17.8 Å². The molecule has 1 fully saturated rings. The van der Waals surface area contributed by atoms with E-state index in [0.717, 1.165) is 18.3 Å². The Morgan fingerprint density at radius 1 is 1.18 bits per heavy atom. The van der Waals surface area contributed by atoms with Gasteiger partial charge < -0.3 is 9.64 Å². The van der Waals surface area contributed by atoms with Gasteiger partial charge in [-0.15, -0.1) is 0 Å². The maximum Gasteiger partial charge on any atom is 0.416 e. The molecule has 11 heteroatoms. The van der Waals surface area contributed by atoms with Gasteiger partial charge in [0.25, 0.3) is 0 Å². The Hall–Kier alpha value is -3.60. The molecule has 4 rings (SSSR count). The van der Waals surface area contributed by atoms with E-state index >= 15 is 0 Å². The van der Waals surface area contributed by atoms with Crippen LogP contribution in [-0.2, 0) is 10.9 Å². The number of nitrogens with zero attached hydrogens (tertiary/aromatic N) is 5. The fourth-order valence-corrected chi connectivity index (χ4v) is 3.35. The average Bonchev–Trinajstić information content (AvgIpc) is 2.80. The summed E-state index contributed by atoms with van der Waals surface area (Å²) in [6, 6.07) is 9.82. The van der Waals surface area contributed by atoms with Crippen molar-refractivity contribution in [1.82, 2.24) is 15.0 Å². The standard InChI is InChI=1S/C22H20F4N6O/c1-14-13-33-9-8-32(14)20-18(23)12-27-21(30-20)31-28-11-17-6-3-7-19(29-17)15-4-2-5-16(10-15)22(24,25)26/h2-7,10-12,14H,8-9,13H2,1H3,(H,27,30,31)/b28-11-. The van der Waals surface area contributed by atoms with E-state index in [9.17, 15) is 17.6 Å². The summed E-state index contributed by atoms with van der Waals surface area (Å²) in [6.07, 6.45) is -2.00. The van der Waals surface area contributed by atoms with Crippen molar-refractivity contribution in [3.05, 3.63) is 65.7 Å². The number of ether oxygens (including phenoxy) is 1. The number of hydrogen-bond acceptors (Lipinski definition) is 7. The summed E-state index contributed by atoms with van der Waals surface area (Å²) in [6.45, 7) is 3.36. The largest absolute Gasteiger partial charge is 0.416 e. The second-order valence-corrected chi connectivity index (χ2v) is 7.38. The number of alkyl halides is 3. The van der Waals surface area contributed by atoms with Crippen molar-refractivity contribution < 1.29 is 22.3 Å². The molecule has 3 heterocycles. The second-order valence-electron chi connectivity index (χ2n) is 7.38. The lowest BCUT2D eigenvalue weighted by atomic mass is 10.1. The van der Waals surface area contributed by atoms with E-state index in [0.29, 0.717) is 36.7 Å². The predicted molar refractivity (Wildman–Crippen MR) is 116 cm³/mol. The Morgan fingerprint density at radius 2 is 2.00 bits per heavy atom. The van der Waals surface area contributed by atoms with Gasteiger partial charge in [-0.2, -0.15) is 23.3 Å². The van der Waals surface area contributed by atoms with Gasteiger partial charge in [0.2, 0.25) is 5.95 Å². The molecule has 0 amide bonds. The lowest BCUT2D eigenvalue weighted by molar-refractivity contribution is -0.137. The molecule has 2 aromatic heterocycles. The first-order chi connectivity index (χ1) is 15.8. The number of aromatic nitrogens is 3. The zero-order valence-electron chi connectivity index (χ0n) is 17.6. The fourth-order valence-electron chi connectivity index (χ4n) is 3.35. The van der Waals surface area contributed by atoms with Gasteiger partial charge in [0.1, 0.15) is 0 Å². The molecule has 1 N–H and O–H groups in total. The van der Waals surface area contributed by atoms with Crippen molar-refractivity contribution in [2.24, 2.45) is 5.10 Å². The molecule has 0 bridgehead atoms. The van der Waals surface area contributed by atoms with E-state index in [1.54, 1.807) is 29.2 Å². The van der Waals surface area contributed by atoms with Crippen LogP contribution in [0.25, 0.3) is 11.3 Å². The summed E-state index contributed by atoms with van der Waals surface area (Å²) in [5.74, 6) is -0.299. The van der Waals surface area contributed by atoms with Crippen LogP contribution < -0.4 is 10.3 Å². The summed E-state index contributed by atoms with van der Waals surface area (Å²) in [5.41, 5.74) is 2.99. The number of halogens is 4. The molecule has 1 saturated heterocycles. The molecule has 1 unspecified atom stereocenters. The van der Waals surface area contributed by atoms with Crippen LogP contribution in [0.5, 0.6) is 0 Å². The third kappa shape index (κ3) is 5.43. The fraction of sp³-hybridized carbons (Fsp3) is 0.273. The van der Waals surface area contributed by atoms with E-state index < -0.39 is 17.6 Å². The lowest BCUT2D eigenvalue weighted by Crippen LogP contribution is -2.44. The number of benzene rings is 1. The number of hydrazone groups is 1. The van der Waals surface area contributed by atoms with Crippen molar-refractivity contribution in [1.29, 1.82) is 0 Å². The minimum absolute atomic E-state index is 0.0395. The minimum atomic E-state index is -4.44. The lowest BCUT2D eigenvalue weighted by Gasteiger charge is -2.34.